The monoisotopic (exact) mass is 585 g/mol. The van der Waals surface area contributed by atoms with Gasteiger partial charge in [0.15, 0.2) is 0 Å². The molecular weight excluding hydrogens is 554 g/mol. The number of hydrogen-bond acceptors (Lipinski definition) is 8. The van der Waals surface area contributed by atoms with E-state index in [1.165, 1.54) is 40.9 Å². The van der Waals surface area contributed by atoms with Crippen molar-refractivity contribution in [1.82, 2.24) is 15.5 Å². The number of carboxylic acid groups (broad SMARTS) is 1. The zero-order chi connectivity index (χ0) is 29.9. The largest absolute Gasteiger partial charge is 0.481 e. The minimum Gasteiger partial charge on any atom is -0.481 e. The number of non-ortho nitro benzene ring substituents is 1. The maximum atomic E-state index is 13.6. The quantitative estimate of drug-likeness (QED) is 0.216. The number of nitro benzene ring substituents is 1. The maximum Gasteiger partial charge on any atom is 0.305 e. The number of benzene rings is 2. The van der Waals surface area contributed by atoms with Gasteiger partial charge < -0.3 is 26.4 Å². The molecule has 0 spiro atoms. The van der Waals surface area contributed by atoms with E-state index in [1.54, 1.807) is 30.3 Å². The van der Waals surface area contributed by atoms with Crippen LogP contribution in [0.4, 0.5) is 5.69 Å². The standard InChI is InChI=1S/C27H31N5O8S/c28-25(36)20(13-18-7-9-19(10-8-18)32(39)40)29-23(33)16-31-11-4-12-41-22(15-24(34)35)26(37)30-21(27(31)38)14-17-5-2-1-3-6-17/h1-3,5-10,20-22H,4,11-16H2,(H2,28,36)(H,29,33)(H,30,37)(H,34,35)/t20?,21-,22+/m0/s1. The molecular formula is C27H31N5O8S. The Kier molecular flexibility index (Phi) is 11.2. The third-order valence-corrected chi connectivity index (χ3v) is 7.66. The van der Waals surface area contributed by atoms with Gasteiger partial charge in [0.05, 0.1) is 23.1 Å². The lowest BCUT2D eigenvalue weighted by molar-refractivity contribution is -0.384. The molecule has 0 aromatic heterocycles. The lowest BCUT2D eigenvalue weighted by Gasteiger charge is -2.30. The molecule has 1 heterocycles. The number of nitrogens with two attached hydrogens (primary N) is 1. The van der Waals surface area contributed by atoms with Crippen LogP contribution in [0.2, 0.25) is 0 Å². The van der Waals surface area contributed by atoms with Gasteiger partial charge in [-0.05, 0) is 23.3 Å². The van der Waals surface area contributed by atoms with E-state index in [0.29, 0.717) is 17.7 Å². The first-order valence-corrected chi connectivity index (χ1v) is 13.9. The van der Waals surface area contributed by atoms with Gasteiger partial charge in [-0.2, -0.15) is 0 Å². The van der Waals surface area contributed by atoms with Crippen molar-refractivity contribution >= 4 is 47.0 Å². The maximum absolute atomic E-state index is 13.6. The Morgan fingerprint density at radius 1 is 1.12 bits per heavy atom. The van der Waals surface area contributed by atoms with Crippen LogP contribution in [0, 0.1) is 10.1 Å². The van der Waals surface area contributed by atoms with E-state index in [0.717, 1.165) is 5.56 Å². The minimum atomic E-state index is -1.13. The number of carbonyl (C=O) groups excluding carboxylic acids is 4. The van der Waals surface area contributed by atoms with Gasteiger partial charge in [0.1, 0.15) is 12.1 Å². The summed E-state index contributed by atoms with van der Waals surface area (Å²) in [5, 5.41) is 24.5. The van der Waals surface area contributed by atoms with Crippen LogP contribution in [0.1, 0.15) is 24.0 Å². The lowest BCUT2D eigenvalue weighted by atomic mass is 10.0. The summed E-state index contributed by atoms with van der Waals surface area (Å²) in [4.78, 5) is 74.6. The molecule has 1 aliphatic rings. The Morgan fingerprint density at radius 2 is 1.80 bits per heavy atom. The van der Waals surface area contributed by atoms with Gasteiger partial charge in [-0.15, -0.1) is 11.8 Å². The molecule has 3 rings (SSSR count). The normalized spacial score (nSPS) is 18.6. The molecule has 14 heteroatoms. The number of carboxylic acids is 1. The summed E-state index contributed by atoms with van der Waals surface area (Å²) in [6, 6.07) is 12.2. The molecule has 0 radical (unpaired) electrons. The molecule has 1 unspecified atom stereocenters. The summed E-state index contributed by atoms with van der Waals surface area (Å²) < 4.78 is 0. The van der Waals surface area contributed by atoms with Crippen LogP contribution in [0.25, 0.3) is 0 Å². The van der Waals surface area contributed by atoms with Crippen molar-refractivity contribution < 1.29 is 34.0 Å². The molecule has 0 saturated carbocycles. The van der Waals surface area contributed by atoms with Gasteiger partial charge >= 0.3 is 5.97 Å². The van der Waals surface area contributed by atoms with Crippen LogP contribution in [-0.2, 0) is 36.8 Å². The first kappa shape index (κ1) is 31.1. The SMILES string of the molecule is NC(=O)C(Cc1ccc([N+](=O)[O-])cc1)NC(=O)CN1CCCS[C@H](CC(=O)O)C(=O)N[C@@H](Cc2ccccc2)C1=O. The van der Waals surface area contributed by atoms with E-state index in [4.69, 9.17) is 5.73 Å². The second kappa shape index (κ2) is 14.8. The number of hydrogen-bond donors (Lipinski definition) is 4. The molecule has 41 heavy (non-hydrogen) atoms. The molecule has 2 aromatic carbocycles. The number of thioether (sulfide) groups is 1. The molecule has 0 aliphatic carbocycles. The summed E-state index contributed by atoms with van der Waals surface area (Å²) in [6.07, 6.45) is 0.116. The van der Waals surface area contributed by atoms with Crippen LogP contribution in [-0.4, -0.2) is 80.7 Å². The summed E-state index contributed by atoms with van der Waals surface area (Å²) in [5.41, 5.74) is 6.66. The van der Waals surface area contributed by atoms with Crippen LogP contribution < -0.4 is 16.4 Å². The zero-order valence-corrected chi connectivity index (χ0v) is 22.9. The highest BCUT2D eigenvalue weighted by atomic mass is 32.2. The van der Waals surface area contributed by atoms with Crippen molar-refractivity contribution in [2.75, 3.05) is 18.8 Å². The number of primary amides is 1. The van der Waals surface area contributed by atoms with Gasteiger partial charge in [-0.1, -0.05) is 42.5 Å². The van der Waals surface area contributed by atoms with Crippen molar-refractivity contribution in [1.29, 1.82) is 0 Å². The van der Waals surface area contributed by atoms with E-state index in [9.17, 15) is 39.2 Å². The summed E-state index contributed by atoms with van der Waals surface area (Å²) in [6.45, 7) is -0.253. The Morgan fingerprint density at radius 3 is 2.41 bits per heavy atom. The third kappa shape index (κ3) is 9.60. The first-order valence-electron chi connectivity index (χ1n) is 12.8. The van der Waals surface area contributed by atoms with Crippen molar-refractivity contribution in [2.24, 2.45) is 5.73 Å². The van der Waals surface area contributed by atoms with Crippen molar-refractivity contribution in [3.8, 4) is 0 Å². The molecule has 0 bridgehead atoms. The molecule has 1 fully saturated rings. The van der Waals surface area contributed by atoms with E-state index in [2.05, 4.69) is 10.6 Å². The van der Waals surface area contributed by atoms with Crippen molar-refractivity contribution in [2.45, 2.75) is 43.0 Å². The number of rotatable bonds is 11. The minimum absolute atomic E-state index is 0.0126. The van der Waals surface area contributed by atoms with Gasteiger partial charge in [-0.25, -0.2) is 0 Å². The number of nitrogens with zero attached hydrogens (tertiary/aromatic N) is 2. The Balaban J connectivity index is 1.75. The fourth-order valence-electron chi connectivity index (χ4n) is 4.29. The van der Waals surface area contributed by atoms with E-state index < -0.39 is 64.8 Å². The number of nitrogens with one attached hydrogen (secondary N) is 2. The number of amides is 4. The summed E-state index contributed by atoms with van der Waals surface area (Å²) in [5.74, 6) is -3.32. The number of carbonyl (C=O) groups is 5. The van der Waals surface area contributed by atoms with Crippen LogP contribution in [0.3, 0.4) is 0 Å². The predicted octanol–water partition coefficient (Wildman–Crippen LogP) is 0.644. The number of aliphatic carboxylic acids is 1. The molecule has 3 atom stereocenters. The zero-order valence-electron chi connectivity index (χ0n) is 22.1. The van der Waals surface area contributed by atoms with Gasteiger partial charge in [0.2, 0.25) is 23.6 Å². The van der Waals surface area contributed by atoms with Gasteiger partial charge in [0.25, 0.3) is 5.69 Å². The average Bonchev–Trinajstić information content (AvgIpc) is 2.93. The average molecular weight is 586 g/mol. The van der Waals surface area contributed by atoms with E-state index in [1.807, 2.05) is 0 Å². The predicted molar refractivity (Wildman–Crippen MR) is 150 cm³/mol. The molecule has 1 aliphatic heterocycles. The molecule has 5 N–H and O–H groups in total. The highest BCUT2D eigenvalue weighted by molar-refractivity contribution is 8.00. The highest BCUT2D eigenvalue weighted by Crippen LogP contribution is 2.20. The third-order valence-electron chi connectivity index (χ3n) is 6.35. The van der Waals surface area contributed by atoms with Crippen LogP contribution in [0.15, 0.2) is 54.6 Å². The van der Waals surface area contributed by atoms with E-state index >= 15 is 0 Å². The molecule has 2 aromatic rings. The molecule has 1 saturated heterocycles. The smallest absolute Gasteiger partial charge is 0.305 e. The molecule has 4 amide bonds. The molecule has 218 valence electrons. The second-order valence-electron chi connectivity index (χ2n) is 9.47. The van der Waals surface area contributed by atoms with Gasteiger partial charge in [-0.3, -0.25) is 34.1 Å². The van der Waals surface area contributed by atoms with Gasteiger partial charge in [0, 0.05) is 31.5 Å². The van der Waals surface area contributed by atoms with E-state index in [-0.39, 0.29) is 25.1 Å². The second-order valence-corrected chi connectivity index (χ2v) is 10.8. The number of nitro groups is 1. The first-order chi connectivity index (χ1) is 19.5. The van der Waals surface area contributed by atoms with Crippen LogP contribution >= 0.6 is 11.8 Å². The Bertz CT molecular complexity index is 1270. The lowest BCUT2D eigenvalue weighted by Crippen LogP contribution is -2.55. The summed E-state index contributed by atoms with van der Waals surface area (Å²) >= 11 is 1.17. The topological polar surface area (TPSA) is 202 Å². The molecule has 13 nitrogen and oxygen atoms in total. The highest BCUT2D eigenvalue weighted by Gasteiger charge is 2.32. The van der Waals surface area contributed by atoms with Crippen molar-refractivity contribution in [3.63, 3.8) is 0 Å². The Hall–Kier alpha value is -4.46. The van der Waals surface area contributed by atoms with Crippen LogP contribution in [0.5, 0.6) is 0 Å². The Labute approximate surface area is 240 Å². The fourth-order valence-corrected chi connectivity index (χ4v) is 5.35. The van der Waals surface area contributed by atoms with Crippen molar-refractivity contribution in [3.05, 3.63) is 75.8 Å². The summed E-state index contributed by atoms with van der Waals surface area (Å²) in [7, 11) is 0. The fraction of sp³-hybridized carbons (Fsp3) is 0.370.